The molecule has 0 aliphatic rings. The molecule has 0 saturated carbocycles. The molecule has 1 N–H and O–H groups in total. The van der Waals surface area contributed by atoms with E-state index < -0.39 is 0 Å². The number of hydrogen-bond acceptors (Lipinski definition) is 6. The summed E-state index contributed by atoms with van der Waals surface area (Å²) in [5.74, 6) is 0.460. The van der Waals surface area contributed by atoms with Crippen LogP contribution in [-0.4, -0.2) is 31.1 Å². The second kappa shape index (κ2) is 6.88. The van der Waals surface area contributed by atoms with Gasteiger partial charge in [-0.2, -0.15) is 0 Å². The quantitative estimate of drug-likeness (QED) is 0.578. The summed E-state index contributed by atoms with van der Waals surface area (Å²) in [6.07, 6.45) is 0. The molecule has 8 heteroatoms. The van der Waals surface area contributed by atoms with Gasteiger partial charge >= 0.3 is 0 Å². The molecule has 7 nitrogen and oxygen atoms in total. The number of aryl methyl sites for hydroxylation is 1. The second-order valence-corrected chi connectivity index (χ2v) is 7.73. The van der Waals surface area contributed by atoms with E-state index in [0.717, 1.165) is 26.5 Å². The molecule has 0 bridgehead atoms. The number of hydrogen-bond donors (Lipinski definition) is 1. The summed E-state index contributed by atoms with van der Waals surface area (Å²) in [5, 5.41) is 15.8. The number of benzene rings is 2. The Morgan fingerprint density at radius 2 is 2.04 bits per heavy atom. The predicted octanol–water partition coefficient (Wildman–Crippen LogP) is 4.09. The highest BCUT2D eigenvalue weighted by atomic mass is 32.1. The Bertz CT molecular complexity index is 1130. The maximum atomic E-state index is 12.7. The highest BCUT2D eigenvalue weighted by molar-refractivity contribution is 7.18. The number of nitrogens with one attached hydrogen (secondary N) is 1. The Kier molecular flexibility index (Phi) is 4.41. The van der Waals surface area contributed by atoms with E-state index in [9.17, 15) is 4.79 Å². The molecule has 2 aromatic carbocycles. The number of tetrazole rings is 1. The van der Waals surface area contributed by atoms with Crippen LogP contribution in [0.1, 0.15) is 35.3 Å². The van der Waals surface area contributed by atoms with E-state index in [2.05, 4.69) is 25.8 Å². The number of fused-ring (bicyclic) bond motifs is 1. The monoisotopic (exact) mass is 378 g/mol. The van der Waals surface area contributed by atoms with E-state index in [1.54, 1.807) is 28.2 Å². The predicted molar refractivity (Wildman–Crippen MR) is 106 cm³/mol. The smallest absolute Gasteiger partial charge is 0.255 e. The van der Waals surface area contributed by atoms with Gasteiger partial charge in [-0.25, -0.2) is 9.67 Å². The molecule has 0 aliphatic carbocycles. The zero-order valence-electron chi connectivity index (χ0n) is 15.2. The number of nitrogens with zero attached hydrogens (tertiary/aromatic N) is 5. The summed E-state index contributed by atoms with van der Waals surface area (Å²) in [4.78, 5) is 17.2. The van der Waals surface area contributed by atoms with Crippen LogP contribution in [-0.2, 0) is 0 Å². The van der Waals surface area contributed by atoms with E-state index >= 15 is 0 Å². The van der Waals surface area contributed by atoms with E-state index in [0.29, 0.717) is 11.4 Å². The minimum Gasteiger partial charge on any atom is -0.322 e. The van der Waals surface area contributed by atoms with E-state index in [1.165, 1.54) is 0 Å². The first kappa shape index (κ1) is 17.3. The van der Waals surface area contributed by atoms with Crippen LogP contribution in [0.15, 0.2) is 42.5 Å². The summed E-state index contributed by atoms with van der Waals surface area (Å²) in [5.41, 5.74) is 3.04. The maximum Gasteiger partial charge on any atom is 0.255 e. The lowest BCUT2D eigenvalue weighted by atomic mass is 10.1. The van der Waals surface area contributed by atoms with Gasteiger partial charge in [0.2, 0.25) is 0 Å². The van der Waals surface area contributed by atoms with Crippen molar-refractivity contribution in [2.75, 3.05) is 5.32 Å². The van der Waals surface area contributed by atoms with Crippen molar-refractivity contribution in [3.8, 4) is 11.4 Å². The lowest BCUT2D eigenvalue weighted by Gasteiger charge is -2.09. The summed E-state index contributed by atoms with van der Waals surface area (Å²) in [7, 11) is 0. The summed E-state index contributed by atoms with van der Waals surface area (Å²) >= 11 is 1.61. The first-order chi connectivity index (χ1) is 13.0. The fourth-order valence-corrected chi connectivity index (χ4v) is 3.72. The van der Waals surface area contributed by atoms with Crippen molar-refractivity contribution in [3.05, 3.63) is 53.0 Å². The highest BCUT2D eigenvalue weighted by Crippen LogP contribution is 2.25. The normalized spacial score (nSPS) is 11.3. The van der Waals surface area contributed by atoms with E-state index in [1.807, 2.05) is 51.1 Å². The number of carbonyl (C=O) groups is 1. The first-order valence-electron chi connectivity index (χ1n) is 8.58. The van der Waals surface area contributed by atoms with Crippen molar-refractivity contribution < 1.29 is 4.79 Å². The zero-order valence-corrected chi connectivity index (χ0v) is 16.0. The summed E-state index contributed by atoms with van der Waals surface area (Å²) in [6.45, 7) is 5.99. The molecule has 0 aliphatic heterocycles. The Balaban J connectivity index is 1.60. The number of anilines is 1. The van der Waals surface area contributed by atoms with Crippen LogP contribution in [0.3, 0.4) is 0 Å². The van der Waals surface area contributed by atoms with Gasteiger partial charge in [0.25, 0.3) is 5.91 Å². The van der Waals surface area contributed by atoms with Gasteiger partial charge in [-0.3, -0.25) is 4.79 Å². The number of amides is 1. The molecule has 0 radical (unpaired) electrons. The molecule has 4 aromatic rings. The molecule has 0 atom stereocenters. The SMILES string of the molecule is Cc1nc2ccc(NC(=O)c3cccc(-c4nnnn4C(C)C)c3)cc2s1. The third kappa shape index (κ3) is 3.43. The van der Waals surface area contributed by atoms with Gasteiger partial charge in [0, 0.05) is 16.8 Å². The van der Waals surface area contributed by atoms with Gasteiger partial charge < -0.3 is 5.32 Å². The minimum atomic E-state index is -0.180. The molecule has 0 spiro atoms. The fraction of sp³-hybridized carbons (Fsp3) is 0.211. The summed E-state index contributed by atoms with van der Waals surface area (Å²) in [6, 6.07) is 13.2. The molecule has 1 amide bonds. The molecular formula is C19H18N6OS. The Labute approximate surface area is 160 Å². The third-order valence-electron chi connectivity index (χ3n) is 4.12. The van der Waals surface area contributed by atoms with Crippen molar-refractivity contribution in [2.24, 2.45) is 0 Å². The molecule has 2 heterocycles. The van der Waals surface area contributed by atoms with Gasteiger partial charge in [0.05, 0.1) is 21.3 Å². The van der Waals surface area contributed by atoms with Crippen LogP contribution in [0.4, 0.5) is 5.69 Å². The Hall–Kier alpha value is -3.13. The standard InChI is InChI=1S/C19H18N6OS/c1-11(2)25-18(22-23-24-25)13-5-4-6-14(9-13)19(26)21-15-7-8-16-17(10-15)27-12(3)20-16/h4-11H,1-3H3,(H,21,26). The molecule has 0 saturated heterocycles. The fourth-order valence-electron chi connectivity index (χ4n) is 2.85. The lowest BCUT2D eigenvalue weighted by Crippen LogP contribution is -2.12. The van der Waals surface area contributed by atoms with Crippen molar-refractivity contribution in [2.45, 2.75) is 26.8 Å². The van der Waals surface area contributed by atoms with E-state index in [-0.39, 0.29) is 11.9 Å². The van der Waals surface area contributed by atoms with Crippen LogP contribution < -0.4 is 5.32 Å². The van der Waals surface area contributed by atoms with Crippen LogP contribution in [0.5, 0.6) is 0 Å². The second-order valence-electron chi connectivity index (χ2n) is 6.49. The maximum absolute atomic E-state index is 12.7. The first-order valence-corrected chi connectivity index (χ1v) is 9.40. The van der Waals surface area contributed by atoms with Gasteiger partial charge in [0.15, 0.2) is 5.82 Å². The zero-order chi connectivity index (χ0) is 19.0. The molecule has 0 fully saturated rings. The lowest BCUT2D eigenvalue weighted by molar-refractivity contribution is 0.102. The third-order valence-corrected chi connectivity index (χ3v) is 5.05. The van der Waals surface area contributed by atoms with Crippen molar-refractivity contribution in [1.82, 2.24) is 25.2 Å². The molecule has 4 rings (SSSR count). The number of thiazole rings is 1. The van der Waals surface area contributed by atoms with E-state index in [4.69, 9.17) is 0 Å². The Morgan fingerprint density at radius 1 is 1.19 bits per heavy atom. The van der Waals surface area contributed by atoms with Crippen LogP contribution in [0.2, 0.25) is 0 Å². The highest BCUT2D eigenvalue weighted by Gasteiger charge is 2.14. The van der Waals surface area contributed by atoms with Gasteiger partial charge in [0.1, 0.15) is 0 Å². The summed E-state index contributed by atoms with van der Waals surface area (Å²) < 4.78 is 2.78. The van der Waals surface area contributed by atoms with Crippen LogP contribution in [0.25, 0.3) is 21.6 Å². The van der Waals surface area contributed by atoms with Crippen LogP contribution >= 0.6 is 11.3 Å². The van der Waals surface area contributed by atoms with Crippen molar-refractivity contribution in [1.29, 1.82) is 0 Å². The number of aromatic nitrogens is 5. The van der Waals surface area contributed by atoms with Gasteiger partial charge in [-0.15, -0.1) is 16.4 Å². The minimum absolute atomic E-state index is 0.127. The molecule has 136 valence electrons. The van der Waals surface area contributed by atoms with Gasteiger partial charge in [-0.05, 0) is 61.5 Å². The van der Waals surface area contributed by atoms with Crippen molar-refractivity contribution >= 4 is 33.1 Å². The average molecular weight is 378 g/mol. The molecule has 27 heavy (non-hydrogen) atoms. The van der Waals surface area contributed by atoms with Crippen molar-refractivity contribution in [3.63, 3.8) is 0 Å². The molecule has 0 unspecified atom stereocenters. The largest absolute Gasteiger partial charge is 0.322 e. The number of carbonyl (C=O) groups excluding carboxylic acids is 1. The molecular weight excluding hydrogens is 360 g/mol. The number of rotatable bonds is 4. The molecule has 2 aromatic heterocycles. The topological polar surface area (TPSA) is 85.6 Å². The van der Waals surface area contributed by atoms with Crippen LogP contribution in [0, 0.1) is 6.92 Å². The Morgan fingerprint density at radius 3 is 2.85 bits per heavy atom. The van der Waals surface area contributed by atoms with Gasteiger partial charge in [-0.1, -0.05) is 12.1 Å². The average Bonchev–Trinajstić information content (AvgIpc) is 3.27.